The molecular formula is C5H10NRb. The van der Waals surface area contributed by atoms with Gasteiger partial charge < -0.3 is 11.2 Å². The predicted molar refractivity (Wildman–Crippen MR) is 28.2 cm³/mol. The largest absolute Gasteiger partial charge is 1.00 e. The van der Waals surface area contributed by atoms with Gasteiger partial charge in [0, 0.05) is 6.04 Å². The van der Waals surface area contributed by atoms with E-state index in [0.717, 1.165) is 0 Å². The van der Waals surface area contributed by atoms with Gasteiger partial charge in [0.25, 0.3) is 0 Å². The van der Waals surface area contributed by atoms with Crippen molar-refractivity contribution < 1.29 is 58.2 Å². The van der Waals surface area contributed by atoms with E-state index >= 15 is 0 Å². The second-order valence-corrected chi connectivity index (χ2v) is 1.45. The van der Waals surface area contributed by atoms with Crippen LogP contribution < -0.4 is 58.2 Å². The van der Waals surface area contributed by atoms with Gasteiger partial charge in [-0.05, 0) is 13.8 Å². The summed E-state index contributed by atoms with van der Waals surface area (Å²) in [5.74, 6) is 0. The zero-order valence-corrected chi connectivity index (χ0v) is 10.4. The predicted octanol–water partition coefficient (Wildman–Crippen LogP) is -1.63. The van der Waals surface area contributed by atoms with E-state index in [-0.39, 0.29) is 58.2 Å². The molecule has 0 heterocycles. The van der Waals surface area contributed by atoms with Crippen LogP contribution in [0.2, 0.25) is 0 Å². The molecule has 0 aromatic carbocycles. The first kappa shape index (κ1) is 11.3. The van der Waals surface area contributed by atoms with Crippen LogP contribution in [0.3, 0.4) is 0 Å². The van der Waals surface area contributed by atoms with Crippen molar-refractivity contribution in [3.8, 4) is 0 Å². The fourth-order valence-corrected chi connectivity index (χ4v) is 0.258. The average molecular weight is 170 g/mol. The topological polar surface area (TPSA) is 12.4 Å². The molecule has 0 saturated heterocycles. The summed E-state index contributed by atoms with van der Waals surface area (Å²) in [4.78, 5) is 3.88. The monoisotopic (exact) mass is 169 g/mol. The zero-order chi connectivity index (χ0) is 4.99. The summed E-state index contributed by atoms with van der Waals surface area (Å²) in [6, 6.07) is 0.412. The molecule has 7 heavy (non-hydrogen) atoms. The van der Waals surface area contributed by atoms with E-state index in [4.69, 9.17) is 0 Å². The van der Waals surface area contributed by atoms with Crippen LogP contribution in [0.5, 0.6) is 0 Å². The third kappa shape index (κ3) is 11.2. The Morgan fingerprint density at radius 2 is 1.86 bits per heavy atom. The number of nitrogens with zero attached hydrogens (tertiary/aromatic N) is 1. The summed E-state index contributed by atoms with van der Waals surface area (Å²) in [6.07, 6.45) is 2.69. The van der Waals surface area contributed by atoms with Crippen molar-refractivity contribution in [1.29, 1.82) is 0 Å². The van der Waals surface area contributed by atoms with E-state index in [1.165, 1.54) is 0 Å². The van der Waals surface area contributed by atoms with Crippen LogP contribution in [0, 0.1) is 0 Å². The molecule has 0 radical (unpaired) electrons. The summed E-state index contributed by atoms with van der Waals surface area (Å²) < 4.78 is 0. The molecule has 2 heteroatoms. The number of aliphatic imine (C=N–C) groups is 1. The quantitative estimate of drug-likeness (QED) is 0.330. The number of hydrogen-bond acceptors (Lipinski definition) is 1. The summed E-state index contributed by atoms with van der Waals surface area (Å²) in [7, 11) is 0. The van der Waals surface area contributed by atoms with Gasteiger partial charge in [0.15, 0.2) is 0 Å². The normalized spacial score (nSPS) is 9.71. The molecule has 0 unspecified atom stereocenters. The summed E-state index contributed by atoms with van der Waals surface area (Å²) in [6.45, 7) is 5.85. The van der Waals surface area contributed by atoms with Crippen molar-refractivity contribution in [1.82, 2.24) is 0 Å². The van der Waals surface area contributed by atoms with E-state index in [0.29, 0.717) is 6.04 Å². The minimum absolute atomic E-state index is 0. The molecule has 0 amide bonds. The Morgan fingerprint density at radius 1 is 1.43 bits per heavy atom. The Hall–Kier alpha value is 1.48. The van der Waals surface area contributed by atoms with Gasteiger partial charge in [-0.3, -0.25) is 0 Å². The molecule has 0 aromatic heterocycles. The summed E-state index contributed by atoms with van der Waals surface area (Å²) in [5.41, 5.74) is 0. The van der Waals surface area contributed by atoms with Crippen molar-refractivity contribution in [2.75, 3.05) is 0 Å². The van der Waals surface area contributed by atoms with Gasteiger partial charge in [-0.25, -0.2) is 0 Å². The second kappa shape index (κ2) is 7.48. The van der Waals surface area contributed by atoms with Crippen LogP contribution in [-0.2, 0) is 0 Å². The van der Waals surface area contributed by atoms with Crippen molar-refractivity contribution in [3.63, 3.8) is 0 Å². The molecule has 0 aliphatic rings. The van der Waals surface area contributed by atoms with Crippen LogP contribution in [0.1, 0.15) is 20.8 Å². The summed E-state index contributed by atoms with van der Waals surface area (Å²) >= 11 is 0. The Labute approximate surface area is 94.4 Å². The minimum Gasteiger partial charge on any atom is -0.501 e. The van der Waals surface area contributed by atoms with E-state index in [2.05, 4.69) is 11.2 Å². The zero-order valence-electron chi connectivity index (χ0n) is 5.52. The van der Waals surface area contributed by atoms with Gasteiger partial charge in [-0.15, -0.1) is 0 Å². The van der Waals surface area contributed by atoms with Crippen LogP contribution in [0.4, 0.5) is 0 Å². The standard InChI is InChI=1S/C5H10N.Rb/c1-4-6-5(2)3;/h5H,1-3H3;/q-1;+1. The molecule has 1 nitrogen and oxygen atoms in total. The first-order valence-electron chi connectivity index (χ1n) is 2.14. The maximum absolute atomic E-state index is 3.88. The van der Waals surface area contributed by atoms with E-state index in [9.17, 15) is 0 Å². The molecule has 0 bridgehead atoms. The number of hydrogen-bond donors (Lipinski definition) is 0. The van der Waals surface area contributed by atoms with Gasteiger partial charge in [-0.2, -0.15) is 6.92 Å². The van der Waals surface area contributed by atoms with E-state index < -0.39 is 0 Å². The molecule has 0 N–H and O–H groups in total. The van der Waals surface area contributed by atoms with Gasteiger partial charge >= 0.3 is 58.2 Å². The Balaban J connectivity index is 0. The smallest absolute Gasteiger partial charge is 0.501 e. The second-order valence-electron chi connectivity index (χ2n) is 1.45. The molecule has 0 aliphatic heterocycles. The molecule has 0 aromatic rings. The van der Waals surface area contributed by atoms with Crippen molar-refractivity contribution in [2.45, 2.75) is 26.8 Å². The molecule has 36 valence electrons. The molecule has 0 aliphatic carbocycles. The van der Waals surface area contributed by atoms with Gasteiger partial charge in [0.1, 0.15) is 0 Å². The Morgan fingerprint density at radius 3 is 1.86 bits per heavy atom. The summed E-state index contributed by atoms with van der Waals surface area (Å²) in [5, 5.41) is 0. The number of rotatable bonds is 1. The van der Waals surface area contributed by atoms with Gasteiger partial charge in [-0.1, -0.05) is 0 Å². The first-order valence-corrected chi connectivity index (χ1v) is 2.14. The van der Waals surface area contributed by atoms with Crippen LogP contribution >= 0.6 is 0 Å². The molecule has 0 atom stereocenters. The van der Waals surface area contributed by atoms with Crippen molar-refractivity contribution >= 4 is 6.21 Å². The Kier molecular flexibility index (Phi) is 12.1. The van der Waals surface area contributed by atoms with Crippen LogP contribution in [-0.4, -0.2) is 12.3 Å². The molecule has 0 rings (SSSR count). The molecule has 0 saturated carbocycles. The average Bonchev–Trinajstić information content (AvgIpc) is 1.35. The fraction of sp³-hybridized carbons (Fsp3) is 0.800. The minimum atomic E-state index is 0. The van der Waals surface area contributed by atoms with Crippen molar-refractivity contribution in [2.24, 2.45) is 4.99 Å². The fourth-order valence-electron chi connectivity index (χ4n) is 0.258. The van der Waals surface area contributed by atoms with E-state index in [1.54, 1.807) is 6.92 Å². The molecular weight excluding hydrogens is 160 g/mol. The van der Waals surface area contributed by atoms with Crippen LogP contribution in [0.15, 0.2) is 4.99 Å². The van der Waals surface area contributed by atoms with Gasteiger partial charge in [0.2, 0.25) is 0 Å². The van der Waals surface area contributed by atoms with E-state index in [1.807, 2.05) is 13.8 Å². The van der Waals surface area contributed by atoms with Crippen molar-refractivity contribution in [3.05, 3.63) is 0 Å². The molecule has 0 fully saturated rings. The maximum atomic E-state index is 3.88. The first-order chi connectivity index (χ1) is 2.77. The van der Waals surface area contributed by atoms with Gasteiger partial charge in [0.05, 0.1) is 0 Å². The third-order valence-electron chi connectivity index (χ3n) is 0.387. The SMILES string of the molecule is C[C-]=NC(C)C.[Rb+]. The molecule has 0 spiro atoms. The third-order valence-corrected chi connectivity index (χ3v) is 0.387. The Bertz CT molecular complexity index is 50.0. The van der Waals surface area contributed by atoms with Crippen LogP contribution in [0.25, 0.3) is 0 Å². The maximum Gasteiger partial charge on any atom is 1.00 e.